The van der Waals surface area contributed by atoms with E-state index in [2.05, 4.69) is 15.3 Å². The number of methoxy groups -OCH3 is 1. The minimum absolute atomic E-state index is 0.123. The fraction of sp³-hybridized carbons (Fsp3) is 0.250. The molecule has 1 aromatic heterocycles. The Balaban J connectivity index is 2.02. The lowest BCUT2D eigenvalue weighted by Gasteiger charge is -2.10. The smallest absolute Gasteiger partial charge is 0.335 e. The molecule has 0 saturated carbocycles. The number of amides is 1. The Labute approximate surface area is 143 Å². The maximum Gasteiger partial charge on any atom is 0.335 e. The minimum Gasteiger partial charge on any atom is -0.496 e. The molecule has 0 saturated heterocycles. The molecule has 0 fully saturated rings. The number of benzene rings is 1. The lowest BCUT2D eigenvalue weighted by molar-refractivity contribution is 0.0696. The summed E-state index contributed by atoms with van der Waals surface area (Å²) in [7, 11) is 1.46. The van der Waals surface area contributed by atoms with E-state index >= 15 is 0 Å². The van der Waals surface area contributed by atoms with Crippen molar-refractivity contribution in [3.8, 4) is 5.75 Å². The van der Waals surface area contributed by atoms with Gasteiger partial charge in [0.2, 0.25) is 0 Å². The number of aryl methyl sites for hydroxylation is 1. The van der Waals surface area contributed by atoms with Gasteiger partial charge in [-0.2, -0.15) is 0 Å². The molecule has 0 atom stereocenters. The molecule has 1 aromatic carbocycles. The first-order valence-electron chi connectivity index (χ1n) is 7.10. The zero-order valence-corrected chi connectivity index (χ0v) is 13.9. The number of ether oxygens (including phenoxy) is 1. The summed E-state index contributed by atoms with van der Waals surface area (Å²) in [6.45, 7) is 1.99. The van der Waals surface area contributed by atoms with Crippen molar-refractivity contribution in [1.29, 1.82) is 0 Å². The van der Waals surface area contributed by atoms with Crippen molar-refractivity contribution in [1.82, 2.24) is 15.3 Å². The minimum atomic E-state index is -1.03. The molecular formula is C16H16ClN3O4. The van der Waals surface area contributed by atoms with E-state index in [1.807, 2.05) is 0 Å². The Morgan fingerprint density at radius 1 is 1.38 bits per heavy atom. The number of rotatable bonds is 6. The summed E-state index contributed by atoms with van der Waals surface area (Å²) in [5.74, 6) is -0.510. The molecule has 7 nitrogen and oxygen atoms in total. The highest BCUT2D eigenvalue weighted by Gasteiger charge is 2.14. The van der Waals surface area contributed by atoms with Crippen LogP contribution in [0.3, 0.4) is 0 Å². The van der Waals surface area contributed by atoms with Gasteiger partial charge in [0.05, 0.1) is 23.9 Å². The molecule has 2 aromatic rings. The van der Waals surface area contributed by atoms with Gasteiger partial charge in [-0.1, -0.05) is 17.7 Å². The van der Waals surface area contributed by atoms with Crippen LogP contribution in [0.4, 0.5) is 0 Å². The predicted molar refractivity (Wildman–Crippen MR) is 87.8 cm³/mol. The van der Waals surface area contributed by atoms with E-state index in [0.29, 0.717) is 24.5 Å². The Morgan fingerprint density at radius 3 is 2.79 bits per heavy atom. The van der Waals surface area contributed by atoms with Crippen LogP contribution in [-0.4, -0.2) is 40.6 Å². The van der Waals surface area contributed by atoms with Gasteiger partial charge >= 0.3 is 5.97 Å². The molecule has 0 bridgehead atoms. The summed E-state index contributed by atoms with van der Waals surface area (Å²) in [6, 6.07) is 4.60. The van der Waals surface area contributed by atoms with Gasteiger partial charge in [-0.3, -0.25) is 4.79 Å². The van der Waals surface area contributed by atoms with Crippen molar-refractivity contribution < 1.29 is 19.4 Å². The van der Waals surface area contributed by atoms with Gasteiger partial charge < -0.3 is 15.2 Å². The Kier molecular flexibility index (Phi) is 5.70. The number of carbonyl (C=O) groups excluding carboxylic acids is 1. The van der Waals surface area contributed by atoms with Crippen LogP contribution in [0.1, 0.15) is 32.2 Å². The summed E-state index contributed by atoms with van der Waals surface area (Å²) < 4.78 is 5.20. The van der Waals surface area contributed by atoms with Crippen molar-refractivity contribution in [3.63, 3.8) is 0 Å². The molecule has 1 amide bonds. The number of halogens is 1. The van der Waals surface area contributed by atoms with E-state index in [0.717, 1.165) is 5.56 Å². The molecule has 0 unspecified atom stereocenters. The highest BCUT2D eigenvalue weighted by Crippen LogP contribution is 2.20. The molecule has 126 valence electrons. The average molecular weight is 350 g/mol. The fourth-order valence-corrected chi connectivity index (χ4v) is 2.27. The second-order valence-corrected chi connectivity index (χ2v) is 5.36. The van der Waals surface area contributed by atoms with E-state index in [1.54, 1.807) is 13.0 Å². The summed E-state index contributed by atoms with van der Waals surface area (Å²) in [6.07, 6.45) is 1.85. The molecule has 0 aliphatic carbocycles. The van der Waals surface area contributed by atoms with Gasteiger partial charge in [-0.15, -0.1) is 0 Å². The third kappa shape index (κ3) is 4.20. The third-order valence-corrected chi connectivity index (χ3v) is 3.57. The summed E-state index contributed by atoms with van der Waals surface area (Å²) in [4.78, 5) is 31.0. The number of hydrogen-bond acceptors (Lipinski definition) is 5. The molecule has 0 spiro atoms. The first-order valence-corrected chi connectivity index (χ1v) is 7.47. The largest absolute Gasteiger partial charge is 0.496 e. The van der Waals surface area contributed by atoms with Crippen LogP contribution in [0.5, 0.6) is 5.75 Å². The van der Waals surface area contributed by atoms with E-state index < -0.39 is 11.9 Å². The van der Waals surface area contributed by atoms with Crippen LogP contribution in [0, 0.1) is 6.92 Å². The van der Waals surface area contributed by atoms with Gasteiger partial charge in [0, 0.05) is 6.54 Å². The predicted octanol–water partition coefficient (Wildman–Crippen LogP) is 2.12. The van der Waals surface area contributed by atoms with Gasteiger partial charge in [0.15, 0.2) is 0 Å². The van der Waals surface area contributed by atoms with Crippen LogP contribution in [0.2, 0.25) is 5.02 Å². The van der Waals surface area contributed by atoms with Gasteiger partial charge in [-0.25, -0.2) is 14.8 Å². The standard InChI is InChI=1S/C16H16ClN3O4/c1-9-19-8-12(17)14(20-9)15(21)18-6-5-10-3-4-11(16(22)23)7-13(10)24-2/h3-4,7-8H,5-6H2,1-2H3,(H,18,21)(H,22,23). The number of aromatic nitrogens is 2. The zero-order valence-electron chi connectivity index (χ0n) is 13.2. The second-order valence-electron chi connectivity index (χ2n) is 4.95. The Hall–Kier alpha value is -2.67. The topological polar surface area (TPSA) is 101 Å². The molecule has 0 aliphatic heterocycles. The molecule has 0 aliphatic rings. The lowest BCUT2D eigenvalue weighted by Crippen LogP contribution is -2.27. The van der Waals surface area contributed by atoms with Crippen LogP contribution in [-0.2, 0) is 6.42 Å². The maximum absolute atomic E-state index is 12.1. The summed E-state index contributed by atoms with van der Waals surface area (Å²) in [5.41, 5.74) is 1.05. The number of carboxylic acids is 1. The monoisotopic (exact) mass is 349 g/mol. The molecule has 2 rings (SSSR count). The number of aromatic carboxylic acids is 1. The first kappa shape index (κ1) is 17.7. The number of carboxylic acid groups (broad SMARTS) is 1. The van der Waals surface area contributed by atoms with E-state index in [9.17, 15) is 9.59 Å². The molecule has 8 heteroatoms. The Morgan fingerprint density at radius 2 is 2.12 bits per heavy atom. The number of nitrogens with one attached hydrogen (secondary N) is 1. The second kappa shape index (κ2) is 7.74. The van der Waals surface area contributed by atoms with E-state index in [-0.39, 0.29) is 16.3 Å². The SMILES string of the molecule is COc1cc(C(=O)O)ccc1CCNC(=O)c1nc(C)ncc1Cl. The molecule has 1 heterocycles. The average Bonchev–Trinajstić information content (AvgIpc) is 2.56. The van der Waals surface area contributed by atoms with Crippen LogP contribution < -0.4 is 10.1 Å². The van der Waals surface area contributed by atoms with Gasteiger partial charge in [-0.05, 0) is 31.0 Å². The normalized spacial score (nSPS) is 10.3. The number of nitrogens with zero attached hydrogens (tertiary/aromatic N) is 2. The molecule has 2 N–H and O–H groups in total. The Bertz CT molecular complexity index is 780. The van der Waals surface area contributed by atoms with Crippen LogP contribution in [0.15, 0.2) is 24.4 Å². The summed E-state index contributed by atoms with van der Waals surface area (Å²) in [5, 5.41) is 11.9. The zero-order chi connectivity index (χ0) is 17.7. The van der Waals surface area contributed by atoms with Crippen molar-refractivity contribution >= 4 is 23.5 Å². The quantitative estimate of drug-likeness (QED) is 0.828. The summed E-state index contributed by atoms with van der Waals surface area (Å²) >= 11 is 5.92. The van der Waals surface area contributed by atoms with Crippen molar-refractivity contribution in [2.24, 2.45) is 0 Å². The molecule has 24 heavy (non-hydrogen) atoms. The highest BCUT2D eigenvalue weighted by atomic mass is 35.5. The number of hydrogen-bond donors (Lipinski definition) is 2. The van der Waals surface area contributed by atoms with Crippen LogP contribution >= 0.6 is 11.6 Å². The van der Waals surface area contributed by atoms with Crippen molar-refractivity contribution in [3.05, 3.63) is 52.1 Å². The molecule has 0 radical (unpaired) electrons. The van der Waals surface area contributed by atoms with Gasteiger partial charge in [0.25, 0.3) is 5.91 Å². The van der Waals surface area contributed by atoms with Crippen molar-refractivity contribution in [2.45, 2.75) is 13.3 Å². The van der Waals surface area contributed by atoms with Crippen molar-refractivity contribution in [2.75, 3.05) is 13.7 Å². The van der Waals surface area contributed by atoms with Gasteiger partial charge in [0.1, 0.15) is 17.3 Å². The maximum atomic E-state index is 12.1. The first-order chi connectivity index (χ1) is 11.4. The third-order valence-electron chi connectivity index (χ3n) is 3.29. The lowest BCUT2D eigenvalue weighted by atomic mass is 10.1. The molecular weight excluding hydrogens is 334 g/mol. The number of carbonyl (C=O) groups is 2. The van der Waals surface area contributed by atoms with E-state index in [4.69, 9.17) is 21.4 Å². The fourth-order valence-electron chi connectivity index (χ4n) is 2.09. The highest BCUT2D eigenvalue weighted by molar-refractivity contribution is 6.33. The van der Waals surface area contributed by atoms with Crippen LogP contribution in [0.25, 0.3) is 0 Å². The van der Waals surface area contributed by atoms with E-state index in [1.165, 1.54) is 25.4 Å².